The van der Waals surface area contributed by atoms with Gasteiger partial charge in [-0.25, -0.2) is 4.79 Å². The molecule has 2 rings (SSSR count). The summed E-state index contributed by atoms with van der Waals surface area (Å²) in [6.45, 7) is 1.43. The second kappa shape index (κ2) is 5.60. The quantitative estimate of drug-likeness (QED) is 0.603. The molecule has 1 unspecified atom stereocenters. The first-order chi connectivity index (χ1) is 9.40. The molecule has 6 nitrogen and oxygen atoms in total. The highest BCUT2D eigenvalue weighted by Crippen LogP contribution is 2.16. The van der Waals surface area contributed by atoms with Crippen LogP contribution in [0.3, 0.4) is 0 Å². The molecule has 1 heterocycles. The number of carbonyl (C=O) groups is 2. The lowest BCUT2D eigenvalue weighted by Gasteiger charge is -2.26. The highest BCUT2D eigenvalue weighted by molar-refractivity contribution is 5.84. The minimum atomic E-state index is -1.96. The van der Waals surface area contributed by atoms with Crippen LogP contribution in [0.25, 0.3) is 0 Å². The van der Waals surface area contributed by atoms with Gasteiger partial charge in [0, 0.05) is 6.54 Å². The molecule has 1 amide bonds. The number of hydrogen-bond donors (Lipinski definition) is 4. The van der Waals surface area contributed by atoms with Crippen molar-refractivity contribution >= 4 is 11.9 Å². The van der Waals surface area contributed by atoms with Crippen LogP contribution in [-0.4, -0.2) is 40.3 Å². The minimum absolute atomic E-state index is 0.305. The van der Waals surface area contributed by atoms with Gasteiger partial charge in [-0.15, -0.1) is 0 Å². The van der Waals surface area contributed by atoms with Crippen molar-refractivity contribution in [3.8, 4) is 0 Å². The van der Waals surface area contributed by atoms with Crippen LogP contribution in [0.5, 0.6) is 0 Å². The number of aliphatic hydroxyl groups is 1. The Hall–Kier alpha value is -1.92. The smallest absolute Gasteiger partial charge is 0.337 e. The fourth-order valence-electron chi connectivity index (χ4n) is 2.10. The summed E-state index contributed by atoms with van der Waals surface area (Å²) in [5.74, 6) is -1.67. The Kier molecular flexibility index (Phi) is 4.06. The van der Waals surface area contributed by atoms with Crippen molar-refractivity contribution in [2.24, 2.45) is 0 Å². The third-order valence-electron chi connectivity index (χ3n) is 3.47. The number of aliphatic carboxylic acids is 1. The topological polar surface area (TPSA) is 98.7 Å². The van der Waals surface area contributed by atoms with E-state index in [9.17, 15) is 14.7 Å². The van der Waals surface area contributed by atoms with Gasteiger partial charge in [-0.3, -0.25) is 4.79 Å². The van der Waals surface area contributed by atoms with Gasteiger partial charge in [0.2, 0.25) is 5.91 Å². The first-order valence-corrected chi connectivity index (χ1v) is 6.44. The van der Waals surface area contributed by atoms with Gasteiger partial charge in [0.15, 0.2) is 5.60 Å². The minimum Gasteiger partial charge on any atom is -0.479 e. The SMILES string of the molecule is CC(O)(CNC(=O)[C@H]1Cc2ccccc2CN1)C(=O)O. The van der Waals surface area contributed by atoms with Gasteiger partial charge in [-0.1, -0.05) is 24.3 Å². The number of amides is 1. The summed E-state index contributed by atoms with van der Waals surface area (Å²) in [5, 5.41) is 23.9. The van der Waals surface area contributed by atoms with E-state index in [0.29, 0.717) is 13.0 Å². The molecular weight excluding hydrogens is 260 g/mol. The van der Waals surface area contributed by atoms with E-state index in [1.54, 1.807) is 0 Å². The average Bonchev–Trinajstić information content (AvgIpc) is 2.44. The molecule has 1 aliphatic rings. The first-order valence-electron chi connectivity index (χ1n) is 6.44. The predicted octanol–water partition coefficient (Wildman–Crippen LogP) is -0.347. The van der Waals surface area contributed by atoms with Gasteiger partial charge < -0.3 is 20.8 Å². The number of benzene rings is 1. The maximum Gasteiger partial charge on any atom is 0.337 e. The van der Waals surface area contributed by atoms with Crippen molar-refractivity contribution in [3.63, 3.8) is 0 Å². The van der Waals surface area contributed by atoms with E-state index in [1.165, 1.54) is 0 Å². The molecule has 1 aromatic rings. The number of carboxylic acid groups (broad SMARTS) is 1. The molecule has 0 spiro atoms. The number of carbonyl (C=O) groups excluding carboxylic acids is 1. The van der Waals surface area contributed by atoms with Crippen molar-refractivity contribution in [2.75, 3.05) is 6.54 Å². The molecular formula is C14H18N2O4. The van der Waals surface area contributed by atoms with E-state index in [2.05, 4.69) is 10.6 Å². The molecule has 1 aliphatic heterocycles. The van der Waals surface area contributed by atoms with Gasteiger partial charge in [-0.2, -0.15) is 0 Å². The zero-order chi connectivity index (χ0) is 14.8. The van der Waals surface area contributed by atoms with Crippen molar-refractivity contribution in [2.45, 2.75) is 31.5 Å². The van der Waals surface area contributed by atoms with Crippen LogP contribution >= 0.6 is 0 Å². The van der Waals surface area contributed by atoms with Gasteiger partial charge in [-0.05, 0) is 24.5 Å². The Labute approximate surface area is 116 Å². The van der Waals surface area contributed by atoms with Crippen molar-refractivity contribution in [1.29, 1.82) is 0 Å². The summed E-state index contributed by atoms with van der Waals surface area (Å²) in [6.07, 6.45) is 0.553. The molecule has 0 aromatic heterocycles. The lowest BCUT2D eigenvalue weighted by Crippen LogP contribution is -2.53. The molecule has 0 fully saturated rings. The average molecular weight is 278 g/mol. The van der Waals surface area contributed by atoms with Crippen LogP contribution in [-0.2, 0) is 22.6 Å². The molecule has 0 saturated carbocycles. The van der Waals surface area contributed by atoms with Gasteiger partial charge in [0.1, 0.15) is 0 Å². The van der Waals surface area contributed by atoms with Crippen molar-refractivity contribution < 1.29 is 19.8 Å². The first kappa shape index (κ1) is 14.5. The van der Waals surface area contributed by atoms with Crippen molar-refractivity contribution in [3.05, 3.63) is 35.4 Å². The molecule has 4 N–H and O–H groups in total. The van der Waals surface area contributed by atoms with Crippen LogP contribution in [0, 0.1) is 0 Å². The Bertz CT molecular complexity index is 528. The van der Waals surface area contributed by atoms with Gasteiger partial charge >= 0.3 is 5.97 Å². The van der Waals surface area contributed by atoms with E-state index in [1.807, 2.05) is 24.3 Å². The van der Waals surface area contributed by atoms with Crippen LogP contribution < -0.4 is 10.6 Å². The number of nitrogens with one attached hydrogen (secondary N) is 2. The Morgan fingerprint density at radius 1 is 1.40 bits per heavy atom. The molecule has 0 radical (unpaired) electrons. The fraction of sp³-hybridized carbons (Fsp3) is 0.429. The zero-order valence-corrected chi connectivity index (χ0v) is 11.2. The van der Waals surface area contributed by atoms with Crippen LogP contribution in [0.4, 0.5) is 0 Å². The largest absolute Gasteiger partial charge is 0.479 e. The standard InChI is InChI=1S/C14H18N2O4/c1-14(20,13(18)19)8-16-12(17)11-6-9-4-2-3-5-10(9)7-15-11/h2-5,11,15,20H,6-8H2,1H3,(H,16,17)(H,18,19)/t11-,14?/m1/s1. The molecule has 6 heteroatoms. The van der Waals surface area contributed by atoms with Crippen molar-refractivity contribution in [1.82, 2.24) is 10.6 Å². The van der Waals surface area contributed by atoms with Gasteiger partial charge in [0.25, 0.3) is 0 Å². The summed E-state index contributed by atoms with van der Waals surface area (Å²) in [5.41, 5.74) is 0.313. The zero-order valence-electron chi connectivity index (χ0n) is 11.2. The van der Waals surface area contributed by atoms with E-state index < -0.39 is 17.6 Å². The Balaban J connectivity index is 1.94. The number of hydrogen-bond acceptors (Lipinski definition) is 4. The maximum atomic E-state index is 12.0. The van der Waals surface area contributed by atoms with E-state index >= 15 is 0 Å². The van der Waals surface area contributed by atoms with E-state index in [0.717, 1.165) is 18.1 Å². The molecule has 0 saturated heterocycles. The molecule has 1 aromatic carbocycles. The van der Waals surface area contributed by atoms with Crippen LogP contribution in [0.2, 0.25) is 0 Å². The third-order valence-corrected chi connectivity index (χ3v) is 3.47. The third kappa shape index (κ3) is 3.15. The second-order valence-electron chi connectivity index (χ2n) is 5.20. The van der Waals surface area contributed by atoms with E-state index in [4.69, 9.17) is 5.11 Å². The monoisotopic (exact) mass is 278 g/mol. The summed E-state index contributed by atoms with van der Waals surface area (Å²) >= 11 is 0. The molecule has 20 heavy (non-hydrogen) atoms. The Morgan fingerprint density at radius 2 is 2.05 bits per heavy atom. The molecule has 0 aliphatic carbocycles. The number of carboxylic acids is 1. The molecule has 0 bridgehead atoms. The molecule has 2 atom stereocenters. The summed E-state index contributed by atoms with van der Waals surface area (Å²) in [4.78, 5) is 22.8. The van der Waals surface area contributed by atoms with E-state index in [-0.39, 0.29) is 12.5 Å². The predicted molar refractivity (Wildman–Crippen MR) is 72.0 cm³/mol. The van der Waals surface area contributed by atoms with Gasteiger partial charge in [0.05, 0.1) is 12.6 Å². The normalized spacial score (nSPS) is 20.6. The number of fused-ring (bicyclic) bond motifs is 1. The maximum absolute atomic E-state index is 12.0. The number of rotatable bonds is 4. The summed E-state index contributed by atoms with van der Waals surface area (Å²) in [6, 6.07) is 7.45. The Morgan fingerprint density at radius 3 is 2.70 bits per heavy atom. The highest BCUT2D eigenvalue weighted by Gasteiger charge is 2.32. The molecule has 108 valence electrons. The fourth-order valence-corrected chi connectivity index (χ4v) is 2.10. The highest BCUT2D eigenvalue weighted by atomic mass is 16.4. The summed E-state index contributed by atoms with van der Waals surface area (Å²) in [7, 11) is 0. The van der Waals surface area contributed by atoms with Crippen LogP contribution in [0.1, 0.15) is 18.1 Å². The lowest BCUT2D eigenvalue weighted by molar-refractivity contribution is -0.156. The summed E-state index contributed by atoms with van der Waals surface area (Å²) < 4.78 is 0. The van der Waals surface area contributed by atoms with Crippen LogP contribution in [0.15, 0.2) is 24.3 Å². The second-order valence-corrected chi connectivity index (χ2v) is 5.20. The lowest BCUT2D eigenvalue weighted by atomic mass is 9.95.